The van der Waals surface area contributed by atoms with Gasteiger partial charge in [0.2, 0.25) is 5.91 Å². The highest BCUT2D eigenvalue weighted by Gasteiger charge is 2.29. The first-order chi connectivity index (χ1) is 21.7. The maximum absolute atomic E-state index is 12.4. The van der Waals surface area contributed by atoms with Crippen LogP contribution in [0, 0.1) is 0 Å². The zero-order chi connectivity index (χ0) is 34.6. The number of amides is 4. The molecule has 0 aliphatic carbocycles. The lowest BCUT2D eigenvalue weighted by Gasteiger charge is -2.28. The molecule has 0 spiro atoms. The Bertz CT molecular complexity index is 1090. The summed E-state index contributed by atoms with van der Waals surface area (Å²) in [6.07, 6.45) is 6.08. The number of methoxy groups -OCH3 is 1. The van der Waals surface area contributed by atoms with Crippen LogP contribution in [0.3, 0.4) is 0 Å². The molecule has 0 heterocycles. The SMILES string of the molecule is C=CC(=O)N(C)CCOC(=O)NCCCCCNC(=O)OC(C)(C)c1ccc(C(C)(C)OC(=O)NCCCCCC(C)OC)cc1. The van der Waals surface area contributed by atoms with Crippen LogP contribution in [0.5, 0.6) is 0 Å². The van der Waals surface area contributed by atoms with Crippen molar-refractivity contribution >= 4 is 24.2 Å². The fraction of sp³-hybridized carbons (Fsp3) is 0.647. The van der Waals surface area contributed by atoms with Crippen LogP contribution in [0.1, 0.15) is 90.7 Å². The monoisotopic (exact) mass is 648 g/mol. The number of unbranched alkanes of at least 4 members (excludes halogenated alkanes) is 4. The number of hydrogen-bond acceptors (Lipinski definition) is 8. The summed E-state index contributed by atoms with van der Waals surface area (Å²) in [7, 11) is 3.31. The molecule has 0 radical (unpaired) electrons. The van der Waals surface area contributed by atoms with Gasteiger partial charge in [-0.25, -0.2) is 14.4 Å². The molecule has 1 atom stereocenters. The van der Waals surface area contributed by atoms with Gasteiger partial charge in [-0.05, 0) is 83.9 Å². The van der Waals surface area contributed by atoms with Gasteiger partial charge in [-0.1, -0.05) is 43.7 Å². The lowest BCUT2D eigenvalue weighted by molar-refractivity contribution is -0.125. The van der Waals surface area contributed by atoms with E-state index in [4.69, 9.17) is 18.9 Å². The third-order valence-electron chi connectivity index (χ3n) is 7.53. The molecular weight excluding hydrogens is 592 g/mol. The third kappa shape index (κ3) is 16.5. The van der Waals surface area contributed by atoms with E-state index in [0.29, 0.717) is 26.1 Å². The van der Waals surface area contributed by atoms with Crippen molar-refractivity contribution in [3.05, 3.63) is 48.0 Å². The first-order valence-corrected chi connectivity index (χ1v) is 16.1. The predicted molar refractivity (Wildman–Crippen MR) is 177 cm³/mol. The second-order valence-electron chi connectivity index (χ2n) is 12.2. The van der Waals surface area contributed by atoms with Crippen LogP contribution in [-0.4, -0.2) is 82.1 Å². The molecule has 4 amide bonds. The zero-order valence-corrected chi connectivity index (χ0v) is 28.9. The normalized spacial score (nSPS) is 12.0. The van der Waals surface area contributed by atoms with Gasteiger partial charge in [-0.2, -0.15) is 0 Å². The van der Waals surface area contributed by atoms with Crippen molar-refractivity contribution in [2.45, 2.75) is 96.9 Å². The van der Waals surface area contributed by atoms with Gasteiger partial charge in [0.25, 0.3) is 0 Å². The Labute approximate surface area is 274 Å². The summed E-state index contributed by atoms with van der Waals surface area (Å²) in [6, 6.07) is 7.47. The number of hydrogen-bond donors (Lipinski definition) is 3. The van der Waals surface area contributed by atoms with E-state index in [0.717, 1.165) is 49.7 Å². The van der Waals surface area contributed by atoms with E-state index in [1.54, 1.807) is 14.2 Å². The second kappa shape index (κ2) is 21.1. The number of nitrogens with zero attached hydrogens (tertiary/aromatic N) is 1. The van der Waals surface area contributed by atoms with Gasteiger partial charge in [0.1, 0.15) is 17.8 Å². The molecule has 0 bridgehead atoms. The van der Waals surface area contributed by atoms with Crippen molar-refractivity contribution < 1.29 is 38.1 Å². The van der Waals surface area contributed by atoms with Gasteiger partial charge in [0.05, 0.1) is 12.6 Å². The molecule has 3 N–H and O–H groups in total. The number of carbonyl (C=O) groups is 4. The Morgan fingerprint density at radius 3 is 1.65 bits per heavy atom. The maximum Gasteiger partial charge on any atom is 0.408 e. The van der Waals surface area contributed by atoms with E-state index in [1.165, 1.54) is 11.0 Å². The zero-order valence-electron chi connectivity index (χ0n) is 28.9. The molecule has 0 saturated carbocycles. The molecule has 12 nitrogen and oxygen atoms in total. The molecule has 1 aromatic carbocycles. The predicted octanol–water partition coefficient (Wildman–Crippen LogP) is 5.75. The Morgan fingerprint density at radius 1 is 0.783 bits per heavy atom. The van der Waals surface area contributed by atoms with Gasteiger partial charge >= 0.3 is 18.3 Å². The molecule has 0 aromatic heterocycles. The topological polar surface area (TPSA) is 145 Å². The van der Waals surface area contributed by atoms with Crippen molar-refractivity contribution in [2.75, 3.05) is 46.9 Å². The number of nitrogens with one attached hydrogen (secondary N) is 3. The quantitative estimate of drug-likeness (QED) is 0.0869. The molecule has 1 aromatic rings. The number of likely N-dealkylation sites (N-methyl/N-ethyl adjacent to an activating group) is 1. The summed E-state index contributed by atoms with van der Waals surface area (Å²) in [5.41, 5.74) is -0.120. The molecule has 0 fully saturated rings. The van der Waals surface area contributed by atoms with Crippen molar-refractivity contribution in [1.29, 1.82) is 0 Å². The first-order valence-electron chi connectivity index (χ1n) is 16.1. The van der Waals surface area contributed by atoms with E-state index < -0.39 is 29.5 Å². The molecule has 0 saturated heterocycles. The summed E-state index contributed by atoms with van der Waals surface area (Å²) < 4.78 is 21.7. The van der Waals surface area contributed by atoms with Crippen LogP contribution in [-0.2, 0) is 34.9 Å². The molecule has 1 rings (SSSR count). The first kappa shape index (κ1) is 40.2. The summed E-state index contributed by atoms with van der Waals surface area (Å²) in [5, 5.41) is 8.26. The van der Waals surface area contributed by atoms with Crippen LogP contribution in [0.4, 0.5) is 14.4 Å². The minimum absolute atomic E-state index is 0.0932. The van der Waals surface area contributed by atoms with Crippen LogP contribution < -0.4 is 16.0 Å². The molecule has 0 aliphatic rings. The summed E-state index contributed by atoms with van der Waals surface area (Å²) in [4.78, 5) is 49.4. The largest absolute Gasteiger partial charge is 0.448 e. The smallest absolute Gasteiger partial charge is 0.408 e. The lowest BCUT2D eigenvalue weighted by atomic mass is 9.92. The number of rotatable bonds is 21. The number of benzene rings is 1. The Morgan fingerprint density at radius 2 is 1.22 bits per heavy atom. The van der Waals surface area contributed by atoms with Crippen molar-refractivity contribution in [1.82, 2.24) is 20.9 Å². The standard InChI is InChI=1S/C34H56N4O8/c1-9-29(39)38(7)24-25-44-30(40)35-21-14-11-15-23-37-32(42)46-34(5,6)28-19-17-27(18-20-28)33(3,4)45-31(41)36-22-13-10-12-16-26(2)43-8/h9,17-20,26H,1,10-16,21-25H2,2-8H3,(H,35,40)(H,36,41)(H,37,42). The number of carbonyl (C=O) groups excluding carboxylic acids is 4. The van der Waals surface area contributed by atoms with Crippen LogP contribution in [0.15, 0.2) is 36.9 Å². The average molecular weight is 649 g/mol. The van der Waals surface area contributed by atoms with E-state index in [-0.39, 0.29) is 25.2 Å². The summed E-state index contributed by atoms with van der Waals surface area (Å²) in [5.74, 6) is -0.237. The van der Waals surface area contributed by atoms with Gasteiger partial charge < -0.3 is 39.8 Å². The van der Waals surface area contributed by atoms with Gasteiger partial charge in [0.15, 0.2) is 0 Å². The highest BCUT2D eigenvalue weighted by molar-refractivity contribution is 5.86. The summed E-state index contributed by atoms with van der Waals surface area (Å²) in [6.45, 7) is 14.6. The second-order valence-corrected chi connectivity index (χ2v) is 12.2. The highest BCUT2D eigenvalue weighted by Crippen LogP contribution is 2.30. The van der Waals surface area contributed by atoms with Gasteiger partial charge in [-0.3, -0.25) is 4.79 Å². The van der Waals surface area contributed by atoms with Crippen molar-refractivity contribution in [3.8, 4) is 0 Å². The maximum atomic E-state index is 12.4. The summed E-state index contributed by atoms with van der Waals surface area (Å²) >= 11 is 0. The number of ether oxygens (including phenoxy) is 4. The Balaban J connectivity index is 2.32. The Hall–Kier alpha value is -3.80. The minimum Gasteiger partial charge on any atom is -0.448 e. The van der Waals surface area contributed by atoms with Gasteiger partial charge in [0, 0.05) is 33.8 Å². The van der Waals surface area contributed by atoms with E-state index >= 15 is 0 Å². The fourth-order valence-corrected chi connectivity index (χ4v) is 4.37. The fourth-order valence-electron chi connectivity index (χ4n) is 4.37. The third-order valence-corrected chi connectivity index (χ3v) is 7.53. The molecule has 0 aliphatic heterocycles. The number of alkyl carbamates (subject to hydrolysis) is 3. The van der Waals surface area contributed by atoms with Crippen LogP contribution >= 0.6 is 0 Å². The molecular formula is C34H56N4O8. The van der Waals surface area contributed by atoms with Crippen LogP contribution in [0.25, 0.3) is 0 Å². The minimum atomic E-state index is -0.885. The Kier molecular flexibility index (Phi) is 18.4. The molecule has 12 heteroatoms. The average Bonchev–Trinajstić information content (AvgIpc) is 3.01. The molecule has 1 unspecified atom stereocenters. The van der Waals surface area contributed by atoms with Gasteiger partial charge in [-0.15, -0.1) is 0 Å². The van der Waals surface area contributed by atoms with Crippen molar-refractivity contribution in [3.63, 3.8) is 0 Å². The molecule has 46 heavy (non-hydrogen) atoms. The van der Waals surface area contributed by atoms with Crippen LogP contribution in [0.2, 0.25) is 0 Å². The highest BCUT2D eigenvalue weighted by atomic mass is 16.6. The molecule has 260 valence electrons. The van der Waals surface area contributed by atoms with E-state index in [2.05, 4.69) is 22.5 Å². The van der Waals surface area contributed by atoms with E-state index in [9.17, 15) is 19.2 Å². The lowest BCUT2D eigenvalue weighted by Crippen LogP contribution is -2.34. The van der Waals surface area contributed by atoms with E-state index in [1.807, 2.05) is 58.9 Å². The van der Waals surface area contributed by atoms with Crippen molar-refractivity contribution in [2.24, 2.45) is 0 Å².